The molecule has 0 aromatic heterocycles. The third kappa shape index (κ3) is 8.46. The maximum absolute atomic E-state index is 4.04. The molecule has 28 heavy (non-hydrogen) atoms. The lowest BCUT2D eigenvalue weighted by molar-refractivity contribution is 0.339. The zero-order valence-corrected chi connectivity index (χ0v) is 19.6. The number of hydrogen-bond acceptors (Lipinski definition) is 0. The highest BCUT2D eigenvalue weighted by Gasteiger charge is 2.21. The number of allylic oxidation sites excluding steroid dienone is 1. The molecular formula is C28H42. The summed E-state index contributed by atoms with van der Waals surface area (Å²) in [6.45, 7) is 22.1. The second kappa shape index (κ2) is 11.2. The lowest BCUT2D eigenvalue weighted by Gasteiger charge is -2.27. The van der Waals surface area contributed by atoms with Gasteiger partial charge in [0.05, 0.1) is 0 Å². The fraction of sp³-hybridized carbons (Fsp3) is 0.500. The van der Waals surface area contributed by atoms with Crippen LogP contribution >= 0.6 is 0 Å². The van der Waals surface area contributed by atoms with E-state index in [4.69, 9.17) is 0 Å². The van der Waals surface area contributed by atoms with Gasteiger partial charge >= 0.3 is 0 Å². The highest BCUT2D eigenvalue weighted by Crippen LogP contribution is 2.34. The summed E-state index contributed by atoms with van der Waals surface area (Å²) in [4.78, 5) is 0. The van der Waals surface area contributed by atoms with E-state index >= 15 is 0 Å². The first-order valence-corrected chi connectivity index (χ1v) is 10.9. The summed E-state index contributed by atoms with van der Waals surface area (Å²) in [5.41, 5.74) is 7.10. The van der Waals surface area contributed by atoms with E-state index in [-0.39, 0.29) is 0 Å². The van der Waals surface area contributed by atoms with Crippen molar-refractivity contribution in [3.05, 3.63) is 77.4 Å². The van der Waals surface area contributed by atoms with Crippen LogP contribution < -0.4 is 0 Å². The van der Waals surface area contributed by atoms with Crippen molar-refractivity contribution in [1.29, 1.82) is 0 Å². The molecule has 2 rings (SSSR count). The molecule has 2 aromatic rings. The Morgan fingerprint density at radius 1 is 0.893 bits per heavy atom. The minimum atomic E-state index is 0.347. The maximum atomic E-state index is 4.04. The van der Waals surface area contributed by atoms with Gasteiger partial charge in [-0.15, -0.1) is 0 Å². The summed E-state index contributed by atoms with van der Waals surface area (Å²) in [7, 11) is 0. The van der Waals surface area contributed by atoms with E-state index in [0.717, 1.165) is 12.3 Å². The van der Waals surface area contributed by atoms with Gasteiger partial charge < -0.3 is 0 Å². The van der Waals surface area contributed by atoms with Gasteiger partial charge in [0.1, 0.15) is 0 Å². The second-order valence-electron chi connectivity index (χ2n) is 9.65. The molecule has 0 saturated carbocycles. The monoisotopic (exact) mass is 378 g/mol. The number of aryl methyl sites for hydroxylation is 1. The molecular weight excluding hydrogens is 336 g/mol. The first-order valence-electron chi connectivity index (χ1n) is 10.9. The highest BCUT2D eigenvalue weighted by atomic mass is 14.3. The van der Waals surface area contributed by atoms with Gasteiger partial charge in [0.15, 0.2) is 0 Å². The maximum Gasteiger partial charge on any atom is -0.0142 e. The van der Waals surface area contributed by atoms with Crippen molar-refractivity contribution in [1.82, 2.24) is 0 Å². The summed E-state index contributed by atoms with van der Waals surface area (Å²) in [5, 5.41) is 0. The van der Waals surface area contributed by atoms with Gasteiger partial charge in [-0.25, -0.2) is 0 Å². The van der Waals surface area contributed by atoms with Crippen LogP contribution in [0.3, 0.4) is 0 Å². The largest absolute Gasteiger partial charge is 0.0952 e. The minimum Gasteiger partial charge on any atom is -0.0952 e. The van der Waals surface area contributed by atoms with Crippen molar-refractivity contribution >= 4 is 5.57 Å². The minimum absolute atomic E-state index is 0.347. The van der Waals surface area contributed by atoms with Crippen molar-refractivity contribution in [2.24, 2.45) is 11.3 Å². The summed E-state index contributed by atoms with van der Waals surface area (Å²) in [5.74, 6) is 1.35. The molecule has 0 aliphatic rings. The van der Waals surface area contributed by atoms with E-state index in [1.165, 1.54) is 40.7 Å². The molecule has 0 saturated heterocycles. The third-order valence-electron chi connectivity index (χ3n) is 5.43. The second-order valence-corrected chi connectivity index (χ2v) is 9.65. The first kappa shape index (κ1) is 24.2. The molecule has 0 bridgehead atoms. The highest BCUT2D eigenvalue weighted by molar-refractivity contribution is 5.63. The molecule has 0 aliphatic heterocycles. The summed E-state index contributed by atoms with van der Waals surface area (Å²) in [6.07, 6.45) is 3.46. The summed E-state index contributed by atoms with van der Waals surface area (Å²) < 4.78 is 0. The molecule has 1 atom stereocenters. The lowest BCUT2D eigenvalue weighted by atomic mass is 9.77. The smallest absolute Gasteiger partial charge is 0.0142 e. The van der Waals surface area contributed by atoms with Gasteiger partial charge in [0, 0.05) is 0 Å². The fourth-order valence-electron chi connectivity index (χ4n) is 3.15. The molecule has 154 valence electrons. The van der Waals surface area contributed by atoms with Gasteiger partial charge in [0.25, 0.3) is 0 Å². The van der Waals surface area contributed by atoms with E-state index in [1.807, 2.05) is 0 Å². The molecule has 0 fully saturated rings. The average Bonchev–Trinajstić information content (AvgIpc) is 2.62. The van der Waals surface area contributed by atoms with Crippen LogP contribution in [0.4, 0.5) is 0 Å². The molecule has 0 nitrogen and oxygen atoms in total. The van der Waals surface area contributed by atoms with Gasteiger partial charge in [-0.05, 0) is 59.3 Å². The van der Waals surface area contributed by atoms with Gasteiger partial charge in [0.2, 0.25) is 0 Å². The van der Waals surface area contributed by atoms with Crippen LogP contribution in [0.15, 0.2) is 55.1 Å². The number of rotatable bonds is 6. The van der Waals surface area contributed by atoms with E-state index in [1.54, 1.807) is 0 Å². The molecule has 0 radical (unpaired) electrons. The topological polar surface area (TPSA) is 0 Å². The fourth-order valence-corrected chi connectivity index (χ4v) is 3.15. The molecule has 0 heteroatoms. The Morgan fingerprint density at radius 3 is 1.86 bits per heavy atom. The van der Waals surface area contributed by atoms with E-state index < -0.39 is 0 Å². The van der Waals surface area contributed by atoms with E-state index in [0.29, 0.717) is 11.3 Å². The number of hydrogen-bond donors (Lipinski definition) is 0. The quantitative estimate of drug-likeness (QED) is 0.471. The first-order chi connectivity index (χ1) is 13.0. The van der Waals surface area contributed by atoms with Crippen molar-refractivity contribution in [3.63, 3.8) is 0 Å². The van der Waals surface area contributed by atoms with Gasteiger partial charge in [-0.3, -0.25) is 0 Å². The van der Waals surface area contributed by atoms with Gasteiger partial charge in [-0.2, -0.15) is 0 Å². The molecule has 0 N–H and O–H groups in total. The Morgan fingerprint density at radius 2 is 1.43 bits per heavy atom. The normalized spacial score (nSPS) is 12.3. The molecule has 2 aromatic carbocycles. The standard InChI is InChI=1S/C16H26.C12H16/c1-12(2)11-14-7-9-15(10-8-14)13(3)16(4,5)6;1-4-5-11(3)12-8-6-10(2)7-9-12/h7-10,12-13H,11H2,1-6H3;6-9H,3-5H2,1-2H3. The molecule has 0 amide bonds. The van der Waals surface area contributed by atoms with Crippen molar-refractivity contribution in [2.75, 3.05) is 0 Å². The van der Waals surface area contributed by atoms with Crippen molar-refractivity contribution < 1.29 is 0 Å². The van der Waals surface area contributed by atoms with E-state index in [9.17, 15) is 0 Å². The van der Waals surface area contributed by atoms with Crippen LogP contribution in [-0.4, -0.2) is 0 Å². The van der Waals surface area contributed by atoms with Crippen LogP contribution in [0.2, 0.25) is 0 Å². The average molecular weight is 379 g/mol. The van der Waals surface area contributed by atoms with Crippen LogP contribution in [0.5, 0.6) is 0 Å². The van der Waals surface area contributed by atoms with Crippen LogP contribution in [0.1, 0.15) is 89.5 Å². The molecule has 0 spiro atoms. The van der Waals surface area contributed by atoms with Crippen molar-refractivity contribution in [3.8, 4) is 0 Å². The number of benzene rings is 2. The third-order valence-corrected chi connectivity index (χ3v) is 5.43. The Hall–Kier alpha value is -1.82. The molecule has 0 heterocycles. The predicted octanol–water partition coefficient (Wildman–Crippen LogP) is 8.84. The van der Waals surface area contributed by atoms with E-state index in [2.05, 4.69) is 110 Å². The van der Waals surface area contributed by atoms with Crippen LogP contribution in [0, 0.1) is 18.3 Å². The molecule has 0 aliphatic carbocycles. The van der Waals surface area contributed by atoms with Gasteiger partial charge in [-0.1, -0.05) is 116 Å². The Balaban J connectivity index is 0.000000292. The Kier molecular flexibility index (Phi) is 9.73. The predicted molar refractivity (Wildman–Crippen MR) is 128 cm³/mol. The van der Waals surface area contributed by atoms with Crippen LogP contribution in [0.25, 0.3) is 5.57 Å². The zero-order chi connectivity index (χ0) is 21.3. The molecule has 1 unspecified atom stereocenters. The summed E-state index contributed by atoms with van der Waals surface area (Å²) in [6, 6.07) is 17.7. The SMILES string of the molecule is C=C(CCC)c1ccc(C)cc1.CC(C)Cc1ccc(C(C)C(C)(C)C)cc1. The Labute approximate surface area is 175 Å². The Bertz CT molecular complexity index is 693. The van der Waals surface area contributed by atoms with Crippen LogP contribution in [-0.2, 0) is 6.42 Å². The zero-order valence-electron chi connectivity index (χ0n) is 19.6. The van der Waals surface area contributed by atoms with Crippen molar-refractivity contribution in [2.45, 2.75) is 80.6 Å². The lowest BCUT2D eigenvalue weighted by Crippen LogP contribution is -2.15. The summed E-state index contributed by atoms with van der Waals surface area (Å²) >= 11 is 0.